The molecule has 1 aromatic carbocycles. The number of benzene rings is 1. The Balaban J connectivity index is 1.63. The number of hydrogen-bond donors (Lipinski definition) is 1. The summed E-state index contributed by atoms with van der Waals surface area (Å²) in [4.78, 5) is 12.5. The molecule has 0 spiro atoms. The van der Waals surface area contributed by atoms with Crippen molar-refractivity contribution < 1.29 is 9.53 Å². The summed E-state index contributed by atoms with van der Waals surface area (Å²) in [5, 5.41) is 3.93. The molecule has 1 aliphatic heterocycles. The van der Waals surface area contributed by atoms with Crippen molar-refractivity contribution in [3.63, 3.8) is 0 Å². The van der Waals surface area contributed by atoms with Crippen LogP contribution in [-0.2, 0) is 11.2 Å². The number of rotatable bonds is 2. The lowest BCUT2D eigenvalue weighted by Gasteiger charge is -2.32. The highest BCUT2D eigenvalue weighted by Crippen LogP contribution is 2.30. The fourth-order valence-corrected chi connectivity index (χ4v) is 3.56. The van der Waals surface area contributed by atoms with Gasteiger partial charge in [0, 0.05) is 11.1 Å². The molecule has 3 atom stereocenters. The van der Waals surface area contributed by atoms with Crippen molar-refractivity contribution in [3.05, 3.63) is 28.8 Å². The second-order valence-corrected chi connectivity index (χ2v) is 6.78. The first-order chi connectivity index (χ1) is 10.1. The molecule has 4 heteroatoms. The van der Waals surface area contributed by atoms with E-state index in [1.165, 1.54) is 19.3 Å². The summed E-state index contributed by atoms with van der Waals surface area (Å²) in [6, 6.07) is 5.94. The maximum Gasteiger partial charge on any atom is 0.227 e. The van der Waals surface area contributed by atoms with Gasteiger partial charge >= 0.3 is 0 Å². The van der Waals surface area contributed by atoms with Gasteiger partial charge in [0.1, 0.15) is 12.4 Å². The summed E-state index contributed by atoms with van der Waals surface area (Å²) in [7, 11) is 0. The SMILES string of the molecule is C[C@H]1CCCC[C@H]1NC(=O)[C@H]1COc2ccc(Cl)cc2C1. The highest BCUT2D eigenvalue weighted by Gasteiger charge is 2.29. The third-order valence-electron chi connectivity index (χ3n) is 4.74. The second kappa shape index (κ2) is 6.27. The molecule has 1 aliphatic carbocycles. The highest BCUT2D eigenvalue weighted by molar-refractivity contribution is 6.30. The third-order valence-corrected chi connectivity index (χ3v) is 4.97. The van der Waals surface area contributed by atoms with E-state index >= 15 is 0 Å². The minimum atomic E-state index is -0.106. The molecule has 2 aliphatic rings. The van der Waals surface area contributed by atoms with Crippen molar-refractivity contribution in [2.24, 2.45) is 11.8 Å². The van der Waals surface area contributed by atoms with E-state index < -0.39 is 0 Å². The van der Waals surface area contributed by atoms with Crippen LogP contribution in [0.4, 0.5) is 0 Å². The van der Waals surface area contributed by atoms with Crippen molar-refractivity contribution in [1.82, 2.24) is 5.32 Å². The molecule has 3 rings (SSSR count). The number of fused-ring (bicyclic) bond motifs is 1. The molecule has 0 saturated heterocycles. The summed E-state index contributed by atoms with van der Waals surface area (Å²) in [5.74, 6) is 1.45. The molecule has 1 fully saturated rings. The average molecular weight is 308 g/mol. The molecule has 1 heterocycles. The zero-order valence-corrected chi connectivity index (χ0v) is 13.2. The predicted octanol–water partition coefficient (Wildman–Crippen LogP) is 3.59. The lowest BCUT2D eigenvalue weighted by molar-refractivity contribution is -0.127. The van der Waals surface area contributed by atoms with E-state index in [-0.39, 0.29) is 11.8 Å². The van der Waals surface area contributed by atoms with Crippen LogP contribution >= 0.6 is 11.6 Å². The average Bonchev–Trinajstić information content (AvgIpc) is 2.48. The molecule has 1 amide bonds. The summed E-state index contributed by atoms with van der Waals surface area (Å²) in [5.41, 5.74) is 1.03. The van der Waals surface area contributed by atoms with Gasteiger partial charge in [0.25, 0.3) is 0 Å². The van der Waals surface area contributed by atoms with E-state index in [0.717, 1.165) is 17.7 Å². The van der Waals surface area contributed by atoms with Gasteiger partial charge in [-0.15, -0.1) is 0 Å². The molecule has 1 aromatic rings. The van der Waals surface area contributed by atoms with Crippen LogP contribution < -0.4 is 10.1 Å². The van der Waals surface area contributed by atoms with E-state index in [4.69, 9.17) is 16.3 Å². The molecular formula is C17H22ClNO2. The lowest BCUT2D eigenvalue weighted by atomic mass is 9.85. The number of amides is 1. The molecule has 0 bridgehead atoms. The number of hydrogen-bond acceptors (Lipinski definition) is 2. The number of halogens is 1. The fraction of sp³-hybridized carbons (Fsp3) is 0.588. The van der Waals surface area contributed by atoms with Gasteiger partial charge in [0.2, 0.25) is 5.91 Å². The first kappa shape index (κ1) is 14.7. The predicted molar refractivity (Wildman–Crippen MR) is 83.7 cm³/mol. The fourth-order valence-electron chi connectivity index (χ4n) is 3.36. The summed E-state index contributed by atoms with van der Waals surface area (Å²) in [6.07, 6.45) is 5.52. The van der Waals surface area contributed by atoms with Gasteiger partial charge in [-0.1, -0.05) is 31.4 Å². The third kappa shape index (κ3) is 3.34. The maximum absolute atomic E-state index is 12.5. The molecule has 114 valence electrons. The van der Waals surface area contributed by atoms with Crippen LogP contribution in [0.25, 0.3) is 0 Å². The van der Waals surface area contributed by atoms with Crippen LogP contribution in [0.1, 0.15) is 38.2 Å². The van der Waals surface area contributed by atoms with Crippen LogP contribution in [-0.4, -0.2) is 18.6 Å². The Morgan fingerprint density at radius 2 is 2.14 bits per heavy atom. The normalized spacial score (nSPS) is 28.4. The van der Waals surface area contributed by atoms with Crippen molar-refractivity contribution in [3.8, 4) is 5.75 Å². The van der Waals surface area contributed by atoms with Gasteiger partial charge in [-0.25, -0.2) is 0 Å². The largest absolute Gasteiger partial charge is 0.492 e. The quantitative estimate of drug-likeness (QED) is 0.907. The summed E-state index contributed by atoms with van der Waals surface area (Å²) < 4.78 is 5.71. The number of ether oxygens (including phenoxy) is 1. The van der Waals surface area contributed by atoms with E-state index in [1.54, 1.807) is 0 Å². The first-order valence-corrected chi connectivity index (χ1v) is 8.23. The Bertz CT molecular complexity index is 532. The number of carbonyl (C=O) groups excluding carboxylic acids is 1. The van der Waals surface area contributed by atoms with Gasteiger partial charge < -0.3 is 10.1 Å². The van der Waals surface area contributed by atoms with E-state index in [0.29, 0.717) is 30.0 Å². The number of carbonyl (C=O) groups is 1. The summed E-state index contributed by atoms with van der Waals surface area (Å²) in [6.45, 7) is 2.69. The smallest absolute Gasteiger partial charge is 0.227 e. The highest BCUT2D eigenvalue weighted by atomic mass is 35.5. The van der Waals surface area contributed by atoms with Gasteiger partial charge in [-0.2, -0.15) is 0 Å². The molecule has 1 N–H and O–H groups in total. The Morgan fingerprint density at radius 3 is 2.95 bits per heavy atom. The minimum absolute atomic E-state index is 0.106. The molecule has 0 radical (unpaired) electrons. The van der Waals surface area contributed by atoms with Crippen LogP contribution in [0.5, 0.6) is 5.75 Å². The van der Waals surface area contributed by atoms with Gasteiger partial charge in [0.15, 0.2) is 0 Å². The van der Waals surface area contributed by atoms with Crippen LogP contribution in [0.3, 0.4) is 0 Å². The summed E-state index contributed by atoms with van der Waals surface area (Å²) >= 11 is 6.02. The molecular weight excluding hydrogens is 286 g/mol. The number of nitrogens with one attached hydrogen (secondary N) is 1. The van der Waals surface area contributed by atoms with E-state index in [9.17, 15) is 4.79 Å². The Labute approximate surface area is 131 Å². The standard InChI is InChI=1S/C17H22ClNO2/c1-11-4-2-3-5-15(11)19-17(20)13-8-12-9-14(18)6-7-16(12)21-10-13/h6-7,9,11,13,15H,2-5,8,10H2,1H3,(H,19,20)/t11-,13+,15+/m0/s1. The monoisotopic (exact) mass is 307 g/mol. The van der Waals surface area contributed by atoms with Crippen LogP contribution in [0, 0.1) is 11.8 Å². The Kier molecular flexibility index (Phi) is 4.39. The van der Waals surface area contributed by atoms with Crippen LogP contribution in [0.15, 0.2) is 18.2 Å². The molecule has 0 unspecified atom stereocenters. The van der Waals surface area contributed by atoms with Crippen molar-refractivity contribution in [1.29, 1.82) is 0 Å². The molecule has 21 heavy (non-hydrogen) atoms. The second-order valence-electron chi connectivity index (χ2n) is 6.34. The Hall–Kier alpha value is -1.22. The van der Waals surface area contributed by atoms with Crippen molar-refractivity contribution in [2.45, 2.75) is 45.1 Å². The van der Waals surface area contributed by atoms with Gasteiger partial charge in [-0.3, -0.25) is 4.79 Å². The van der Waals surface area contributed by atoms with E-state index in [1.807, 2.05) is 18.2 Å². The minimum Gasteiger partial charge on any atom is -0.492 e. The first-order valence-electron chi connectivity index (χ1n) is 7.85. The van der Waals surface area contributed by atoms with Gasteiger partial charge in [0.05, 0.1) is 5.92 Å². The topological polar surface area (TPSA) is 38.3 Å². The lowest BCUT2D eigenvalue weighted by Crippen LogP contribution is -2.46. The zero-order valence-electron chi connectivity index (χ0n) is 12.4. The molecule has 0 aromatic heterocycles. The van der Waals surface area contributed by atoms with Crippen molar-refractivity contribution >= 4 is 17.5 Å². The molecule has 1 saturated carbocycles. The zero-order chi connectivity index (χ0) is 14.8. The van der Waals surface area contributed by atoms with Crippen LogP contribution in [0.2, 0.25) is 5.02 Å². The molecule has 3 nitrogen and oxygen atoms in total. The van der Waals surface area contributed by atoms with Gasteiger partial charge in [-0.05, 0) is 48.9 Å². The van der Waals surface area contributed by atoms with Crippen molar-refractivity contribution in [2.75, 3.05) is 6.61 Å². The Morgan fingerprint density at radius 1 is 1.33 bits per heavy atom. The van der Waals surface area contributed by atoms with E-state index in [2.05, 4.69) is 12.2 Å². The maximum atomic E-state index is 12.5.